The molecule has 0 saturated carbocycles. The number of carboxylic acid groups (broad SMARTS) is 1. The molecule has 1 aromatic rings. The van der Waals surface area contributed by atoms with Crippen molar-refractivity contribution >= 4 is 29.7 Å². The number of imide groups is 1. The summed E-state index contributed by atoms with van der Waals surface area (Å²) in [4.78, 5) is 63.2. The van der Waals surface area contributed by atoms with E-state index in [0.29, 0.717) is 24.3 Å². The number of ether oxygens (including phenoxy) is 1. The van der Waals surface area contributed by atoms with Gasteiger partial charge in [-0.1, -0.05) is 12.1 Å². The maximum Gasteiger partial charge on any atom is 0.328 e. The molecule has 1 N–H and O–H groups in total. The molecule has 2 atom stereocenters. The van der Waals surface area contributed by atoms with Crippen LogP contribution in [0.3, 0.4) is 0 Å². The Balaban J connectivity index is 1.79. The van der Waals surface area contributed by atoms with Crippen molar-refractivity contribution in [2.45, 2.75) is 37.7 Å². The minimum Gasteiger partial charge on any atom is -0.480 e. The van der Waals surface area contributed by atoms with Crippen LogP contribution in [-0.2, 0) is 19.1 Å². The molecule has 2 heterocycles. The summed E-state index contributed by atoms with van der Waals surface area (Å²) in [5.41, 5.74) is 0.0407. The van der Waals surface area contributed by atoms with Crippen LogP contribution in [0, 0.1) is 0 Å². The minimum atomic E-state index is -2.65. The number of nitrogens with zero attached hydrogens (tertiary/aromatic N) is 2. The van der Waals surface area contributed by atoms with Crippen LogP contribution in [-0.4, -0.2) is 70.3 Å². The Morgan fingerprint density at radius 2 is 1.86 bits per heavy atom. The number of hydrogen-bond donors (Lipinski definition) is 1. The van der Waals surface area contributed by atoms with Crippen molar-refractivity contribution in [3.63, 3.8) is 0 Å². The third kappa shape index (κ3) is 3.35. The van der Waals surface area contributed by atoms with E-state index in [4.69, 9.17) is 1.37 Å². The average molecular weight is 389 g/mol. The second-order valence-electron chi connectivity index (χ2n) is 6.51. The highest BCUT2D eigenvalue weighted by Gasteiger charge is 2.43. The van der Waals surface area contributed by atoms with E-state index in [0.717, 1.165) is 0 Å². The van der Waals surface area contributed by atoms with Gasteiger partial charge in [-0.2, -0.15) is 0 Å². The number of likely N-dealkylation sites (tertiary alicyclic amines) is 1. The lowest BCUT2D eigenvalue weighted by Gasteiger charge is -2.25. The molecule has 1 saturated heterocycles. The highest BCUT2D eigenvalue weighted by molar-refractivity contribution is 6.22. The Kier molecular flexibility index (Phi) is 5.05. The van der Waals surface area contributed by atoms with E-state index < -0.39 is 54.6 Å². The molecule has 9 nitrogen and oxygen atoms in total. The number of amides is 3. The van der Waals surface area contributed by atoms with Crippen LogP contribution >= 0.6 is 0 Å². The first-order valence-corrected chi connectivity index (χ1v) is 8.81. The van der Waals surface area contributed by atoms with Gasteiger partial charge < -0.3 is 14.7 Å². The van der Waals surface area contributed by atoms with Crippen LogP contribution in [0.15, 0.2) is 24.3 Å². The van der Waals surface area contributed by atoms with Gasteiger partial charge in [-0.15, -0.1) is 0 Å². The quantitative estimate of drug-likeness (QED) is 0.561. The molecule has 1 aromatic carbocycles. The fourth-order valence-electron chi connectivity index (χ4n) is 3.56. The number of aliphatic carboxylic acids is 1. The van der Waals surface area contributed by atoms with Crippen LogP contribution < -0.4 is 0 Å². The van der Waals surface area contributed by atoms with Crippen LogP contribution in [0.2, 0.25) is 0 Å². The molecule has 1 fully saturated rings. The third-order valence-electron chi connectivity index (χ3n) is 4.93. The highest BCUT2D eigenvalue weighted by Crippen LogP contribution is 2.27. The summed E-state index contributed by atoms with van der Waals surface area (Å²) in [6.07, 6.45) is 0.00432. The fourth-order valence-corrected chi connectivity index (χ4v) is 3.56. The van der Waals surface area contributed by atoms with Crippen LogP contribution in [0.5, 0.6) is 0 Å². The number of benzene rings is 1. The van der Waals surface area contributed by atoms with Gasteiger partial charge >= 0.3 is 11.9 Å². The molecule has 0 spiro atoms. The standard InChI is InChI=1S/C19H20N2O7/c1-28-19(27)14-7-4-10-20(14)15(22)9-8-13(18(25)26)21-16(23)11-5-2-3-6-12(11)17(21)24/h2-3,5-6,13-14H,4,7-10H2,1H3,(H,25,26)/t13?,14-/m0/s1/i13D. The molecule has 9 heteroatoms. The first kappa shape index (κ1) is 18.1. The van der Waals surface area contributed by atoms with Gasteiger partial charge in [-0.25, -0.2) is 9.59 Å². The molecule has 3 amide bonds. The monoisotopic (exact) mass is 389 g/mol. The Morgan fingerprint density at radius 1 is 1.25 bits per heavy atom. The number of carbonyl (C=O) groups excluding carboxylic acids is 4. The molecule has 1 unspecified atom stereocenters. The molecule has 0 bridgehead atoms. The number of carboxylic acids is 1. The minimum absolute atomic E-state index is 0.0204. The lowest BCUT2D eigenvalue weighted by molar-refractivity contribution is -0.151. The second kappa shape index (κ2) is 7.79. The zero-order chi connectivity index (χ0) is 21.3. The molecule has 2 aliphatic heterocycles. The van der Waals surface area contributed by atoms with E-state index in [1.54, 1.807) is 0 Å². The normalized spacial score (nSPS) is 21.2. The van der Waals surface area contributed by atoms with Gasteiger partial charge in [0.2, 0.25) is 5.91 Å². The van der Waals surface area contributed by atoms with Crippen LogP contribution in [0.4, 0.5) is 0 Å². The van der Waals surface area contributed by atoms with Gasteiger partial charge in [0.25, 0.3) is 11.8 Å². The lowest BCUT2D eigenvalue weighted by Crippen LogP contribution is -2.46. The van der Waals surface area contributed by atoms with Gasteiger partial charge in [-0.3, -0.25) is 19.3 Å². The number of rotatable bonds is 6. The maximum absolute atomic E-state index is 12.6. The smallest absolute Gasteiger partial charge is 0.328 e. The molecule has 28 heavy (non-hydrogen) atoms. The Morgan fingerprint density at radius 3 is 2.39 bits per heavy atom. The van der Waals surface area contributed by atoms with Gasteiger partial charge in [0.05, 0.1) is 19.6 Å². The maximum atomic E-state index is 12.6. The predicted molar refractivity (Wildman–Crippen MR) is 94.4 cm³/mol. The first-order valence-electron chi connectivity index (χ1n) is 9.31. The van der Waals surface area contributed by atoms with Crippen LogP contribution in [0.1, 0.15) is 47.8 Å². The third-order valence-corrected chi connectivity index (χ3v) is 4.93. The molecule has 0 aromatic heterocycles. The van der Waals surface area contributed by atoms with Crippen molar-refractivity contribution in [3.05, 3.63) is 35.4 Å². The highest BCUT2D eigenvalue weighted by atomic mass is 16.5. The Bertz CT molecular complexity index is 867. The number of carbonyl (C=O) groups is 5. The zero-order valence-electron chi connectivity index (χ0n) is 16.2. The van der Waals surface area contributed by atoms with E-state index in [2.05, 4.69) is 4.74 Å². The van der Waals surface area contributed by atoms with E-state index in [9.17, 15) is 29.1 Å². The van der Waals surface area contributed by atoms with Crippen molar-refractivity contribution in [1.29, 1.82) is 0 Å². The number of hydrogen-bond acceptors (Lipinski definition) is 6. The second-order valence-corrected chi connectivity index (χ2v) is 6.51. The van der Waals surface area contributed by atoms with E-state index in [1.807, 2.05) is 0 Å². The van der Waals surface area contributed by atoms with E-state index in [1.165, 1.54) is 36.3 Å². The summed E-state index contributed by atoms with van der Waals surface area (Å²) in [6.45, 7) is 0.309. The van der Waals surface area contributed by atoms with Gasteiger partial charge in [0.15, 0.2) is 0 Å². The van der Waals surface area contributed by atoms with Crippen molar-refractivity contribution in [1.82, 2.24) is 9.80 Å². The van der Waals surface area contributed by atoms with Gasteiger partial charge in [-0.05, 0) is 31.4 Å². The molecule has 3 rings (SSSR count). The lowest BCUT2D eigenvalue weighted by atomic mass is 10.1. The largest absolute Gasteiger partial charge is 0.480 e. The van der Waals surface area contributed by atoms with E-state index in [-0.39, 0.29) is 11.1 Å². The molecule has 0 radical (unpaired) electrons. The molecular weight excluding hydrogens is 368 g/mol. The Hall–Kier alpha value is -3.23. The van der Waals surface area contributed by atoms with Crippen molar-refractivity contribution in [3.8, 4) is 0 Å². The fraction of sp³-hybridized carbons (Fsp3) is 0.421. The SMILES string of the molecule is [2H]C(CCC(=O)N1CCC[C@H]1C(=O)OC)(C(=O)O)N1C(=O)c2ccccc2C1=O. The van der Waals surface area contributed by atoms with Crippen molar-refractivity contribution < 1.29 is 35.2 Å². The molecular formula is C19H20N2O7. The van der Waals surface area contributed by atoms with Crippen LogP contribution in [0.25, 0.3) is 0 Å². The Labute approximate surface area is 162 Å². The number of fused-ring (bicyclic) bond motifs is 1. The summed E-state index contributed by atoms with van der Waals surface area (Å²) in [5.74, 6) is -4.59. The zero-order valence-corrected chi connectivity index (χ0v) is 15.2. The summed E-state index contributed by atoms with van der Waals surface area (Å²) in [7, 11) is 1.21. The summed E-state index contributed by atoms with van der Waals surface area (Å²) >= 11 is 0. The molecule has 2 aliphatic rings. The van der Waals surface area contributed by atoms with Gasteiger partial charge in [0.1, 0.15) is 12.1 Å². The predicted octanol–water partition coefficient (Wildman–Crippen LogP) is 0.680. The first-order chi connectivity index (χ1) is 13.7. The number of methoxy groups -OCH3 is 1. The number of esters is 1. The van der Waals surface area contributed by atoms with Gasteiger partial charge in [0, 0.05) is 13.0 Å². The summed E-state index contributed by atoms with van der Waals surface area (Å²) < 4.78 is 13.0. The molecule has 148 valence electrons. The van der Waals surface area contributed by atoms with Crippen molar-refractivity contribution in [2.75, 3.05) is 13.7 Å². The summed E-state index contributed by atoms with van der Waals surface area (Å²) in [5, 5.41) is 9.63. The van der Waals surface area contributed by atoms with Crippen molar-refractivity contribution in [2.24, 2.45) is 0 Å². The average Bonchev–Trinajstić information content (AvgIpc) is 3.29. The summed E-state index contributed by atoms with van der Waals surface area (Å²) in [6, 6.07) is 2.43. The topological polar surface area (TPSA) is 121 Å². The van der Waals surface area contributed by atoms with E-state index >= 15 is 0 Å². The molecule has 0 aliphatic carbocycles.